The summed E-state index contributed by atoms with van der Waals surface area (Å²) in [5, 5.41) is 0. The van der Waals surface area contributed by atoms with Gasteiger partial charge in [-0.05, 0) is 39.0 Å². The Labute approximate surface area is 64.4 Å². The molecule has 0 rings (SSSR count). The zero-order valence-corrected chi connectivity index (χ0v) is 7.43. The molecule has 2 N–H and O–H groups in total. The summed E-state index contributed by atoms with van der Waals surface area (Å²) in [5.41, 5.74) is 5.48. The molecule has 0 heterocycles. The highest BCUT2D eigenvalue weighted by Crippen LogP contribution is 1.99. The third-order valence-electron chi connectivity index (χ3n) is 1.95. The van der Waals surface area contributed by atoms with Crippen molar-refractivity contribution in [3.05, 3.63) is 0 Å². The van der Waals surface area contributed by atoms with E-state index in [0.717, 1.165) is 13.1 Å². The van der Waals surface area contributed by atoms with Gasteiger partial charge in [-0.15, -0.1) is 0 Å². The summed E-state index contributed by atoms with van der Waals surface area (Å²) < 4.78 is 0. The van der Waals surface area contributed by atoms with E-state index in [4.69, 9.17) is 5.73 Å². The first-order valence-corrected chi connectivity index (χ1v) is 4.09. The van der Waals surface area contributed by atoms with Crippen molar-refractivity contribution in [2.45, 2.75) is 20.3 Å². The van der Waals surface area contributed by atoms with Gasteiger partial charge in [0.1, 0.15) is 0 Å². The summed E-state index contributed by atoms with van der Waals surface area (Å²) in [6.45, 7) is 7.50. The fourth-order valence-corrected chi connectivity index (χ4v) is 0.717. The van der Waals surface area contributed by atoms with E-state index >= 15 is 0 Å². The highest BCUT2D eigenvalue weighted by Gasteiger charge is 1.99. The molecular formula is C8H20N2. The monoisotopic (exact) mass is 144 g/mol. The average Bonchev–Trinajstić information content (AvgIpc) is 1.99. The molecule has 0 saturated heterocycles. The van der Waals surface area contributed by atoms with E-state index in [9.17, 15) is 0 Å². The lowest BCUT2D eigenvalue weighted by Crippen LogP contribution is -2.22. The first-order chi connectivity index (χ1) is 4.70. The average molecular weight is 144 g/mol. The molecular weight excluding hydrogens is 124 g/mol. The molecule has 0 radical (unpaired) electrons. The van der Waals surface area contributed by atoms with Gasteiger partial charge >= 0.3 is 0 Å². The maximum Gasteiger partial charge on any atom is -0.00189 e. The number of nitrogens with two attached hydrogens (primary N) is 1. The molecule has 0 aliphatic rings. The van der Waals surface area contributed by atoms with Crippen LogP contribution in [0.5, 0.6) is 0 Å². The van der Waals surface area contributed by atoms with Gasteiger partial charge in [-0.25, -0.2) is 0 Å². The summed E-state index contributed by atoms with van der Waals surface area (Å²) in [7, 11) is 2.14. The second kappa shape index (κ2) is 5.69. The Hall–Kier alpha value is -0.0800. The van der Waals surface area contributed by atoms with Gasteiger partial charge in [-0.3, -0.25) is 0 Å². The van der Waals surface area contributed by atoms with E-state index < -0.39 is 0 Å². The molecule has 0 spiro atoms. The van der Waals surface area contributed by atoms with Gasteiger partial charge in [0.05, 0.1) is 0 Å². The Morgan fingerprint density at radius 3 is 2.50 bits per heavy atom. The molecule has 2 nitrogen and oxygen atoms in total. The van der Waals surface area contributed by atoms with Crippen LogP contribution in [0.3, 0.4) is 0 Å². The molecule has 0 amide bonds. The molecule has 0 aromatic rings. The van der Waals surface area contributed by atoms with E-state index in [1.54, 1.807) is 0 Å². The van der Waals surface area contributed by atoms with Gasteiger partial charge < -0.3 is 10.6 Å². The highest BCUT2D eigenvalue weighted by atomic mass is 15.1. The van der Waals surface area contributed by atoms with Gasteiger partial charge in [0, 0.05) is 0 Å². The second-order valence-electron chi connectivity index (χ2n) is 3.03. The van der Waals surface area contributed by atoms with Crippen LogP contribution in [0.2, 0.25) is 0 Å². The van der Waals surface area contributed by atoms with Crippen molar-refractivity contribution in [1.29, 1.82) is 0 Å². The normalized spacial score (nSPS) is 14.1. The summed E-state index contributed by atoms with van der Waals surface area (Å²) in [6.07, 6.45) is 1.22. The molecule has 0 saturated carbocycles. The molecule has 1 atom stereocenters. The van der Waals surface area contributed by atoms with Gasteiger partial charge in [-0.2, -0.15) is 0 Å². The first kappa shape index (κ1) is 9.92. The van der Waals surface area contributed by atoms with Crippen LogP contribution in [0.15, 0.2) is 0 Å². The Morgan fingerprint density at radius 2 is 2.10 bits per heavy atom. The van der Waals surface area contributed by atoms with Crippen LogP contribution in [0.25, 0.3) is 0 Å². The SMILES string of the molecule is CCN(C)CCC(C)CN. The van der Waals surface area contributed by atoms with Crippen molar-refractivity contribution in [1.82, 2.24) is 4.90 Å². The molecule has 2 heteroatoms. The maximum absolute atomic E-state index is 5.48. The number of hydrogen-bond acceptors (Lipinski definition) is 2. The third kappa shape index (κ3) is 4.77. The number of hydrogen-bond donors (Lipinski definition) is 1. The third-order valence-corrected chi connectivity index (χ3v) is 1.95. The topological polar surface area (TPSA) is 29.3 Å². The van der Waals surface area contributed by atoms with E-state index in [1.165, 1.54) is 13.0 Å². The minimum absolute atomic E-state index is 0.675. The molecule has 1 unspecified atom stereocenters. The second-order valence-corrected chi connectivity index (χ2v) is 3.03. The van der Waals surface area contributed by atoms with Gasteiger partial charge in [0.25, 0.3) is 0 Å². The maximum atomic E-state index is 5.48. The Balaban J connectivity index is 3.17. The van der Waals surface area contributed by atoms with Crippen molar-refractivity contribution < 1.29 is 0 Å². The van der Waals surface area contributed by atoms with Gasteiger partial charge in [0.2, 0.25) is 0 Å². The number of nitrogens with zero attached hydrogens (tertiary/aromatic N) is 1. The quantitative estimate of drug-likeness (QED) is 0.622. The molecule has 62 valence electrons. The fraction of sp³-hybridized carbons (Fsp3) is 1.00. The lowest BCUT2D eigenvalue weighted by atomic mass is 10.1. The summed E-state index contributed by atoms with van der Waals surface area (Å²) in [6, 6.07) is 0. The van der Waals surface area contributed by atoms with Crippen LogP contribution in [-0.2, 0) is 0 Å². The van der Waals surface area contributed by atoms with Crippen molar-refractivity contribution in [2.24, 2.45) is 11.7 Å². The fourth-order valence-electron chi connectivity index (χ4n) is 0.717. The first-order valence-electron chi connectivity index (χ1n) is 4.09. The predicted octanol–water partition coefficient (Wildman–Crippen LogP) is 0.923. The standard InChI is InChI=1S/C8H20N2/c1-4-10(3)6-5-8(2)7-9/h8H,4-7,9H2,1-3H3. The molecule has 0 aliphatic heterocycles. The summed E-state index contributed by atoms with van der Waals surface area (Å²) in [5.74, 6) is 0.675. The highest BCUT2D eigenvalue weighted by molar-refractivity contribution is 4.56. The Morgan fingerprint density at radius 1 is 1.50 bits per heavy atom. The van der Waals surface area contributed by atoms with E-state index in [1.807, 2.05) is 0 Å². The smallest absolute Gasteiger partial charge is 0.00189 e. The zero-order valence-electron chi connectivity index (χ0n) is 7.43. The van der Waals surface area contributed by atoms with E-state index in [-0.39, 0.29) is 0 Å². The van der Waals surface area contributed by atoms with Crippen LogP contribution >= 0.6 is 0 Å². The Bertz CT molecular complexity index is 63.7. The molecule has 0 fully saturated rings. The van der Waals surface area contributed by atoms with Crippen molar-refractivity contribution in [3.63, 3.8) is 0 Å². The minimum atomic E-state index is 0.675. The predicted molar refractivity (Wildman–Crippen MR) is 46.0 cm³/mol. The number of rotatable bonds is 5. The summed E-state index contributed by atoms with van der Waals surface area (Å²) in [4.78, 5) is 2.31. The van der Waals surface area contributed by atoms with Gasteiger partial charge in [0.15, 0.2) is 0 Å². The van der Waals surface area contributed by atoms with Crippen LogP contribution in [0, 0.1) is 5.92 Å². The van der Waals surface area contributed by atoms with Crippen molar-refractivity contribution >= 4 is 0 Å². The van der Waals surface area contributed by atoms with Crippen LogP contribution in [0.4, 0.5) is 0 Å². The van der Waals surface area contributed by atoms with Crippen LogP contribution < -0.4 is 5.73 Å². The molecule has 10 heavy (non-hydrogen) atoms. The molecule has 0 aromatic carbocycles. The summed E-state index contributed by atoms with van der Waals surface area (Å²) >= 11 is 0. The largest absolute Gasteiger partial charge is 0.330 e. The Kier molecular flexibility index (Phi) is 5.64. The van der Waals surface area contributed by atoms with Crippen molar-refractivity contribution in [3.8, 4) is 0 Å². The van der Waals surface area contributed by atoms with Crippen molar-refractivity contribution in [2.75, 3.05) is 26.7 Å². The molecule has 0 aromatic heterocycles. The van der Waals surface area contributed by atoms with E-state index in [2.05, 4.69) is 25.8 Å². The lowest BCUT2D eigenvalue weighted by molar-refractivity contribution is 0.321. The van der Waals surface area contributed by atoms with Crippen LogP contribution in [0.1, 0.15) is 20.3 Å². The minimum Gasteiger partial charge on any atom is -0.330 e. The molecule has 0 aliphatic carbocycles. The van der Waals surface area contributed by atoms with Crippen LogP contribution in [-0.4, -0.2) is 31.6 Å². The van der Waals surface area contributed by atoms with E-state index in [0.29, 0.717) is 5.92 Å². The molecule has 0 bridgehead atoms. The zero-order chi connectivity index (χ0) is 7.98. The van der Waals surface area contributed by atoms with Gasteiger partial charge in [-0.1, -0.05) is 13.8 Å². The lowest BCUT2D eigenvalue weighted by Gasteiger charge is -2.15.